The first-order chi connectivity index (χ1) is 8.68. The first kappa shape index (κ1) is 14.0. The number of nitrogens with zero attached hydrogens (tertiary/aromatic N) is 1. The number of carbonyl (C=O) groups is 1. The monoisotopic (exact) mass is 273 g/mol. The van der Waals surface area contributed by atoms with Crippen LogP contribution in [0.4, 0.5) is 0 Å². The molecule has 3 atom stereocenters. The number of likely N-dealkylation sites (tertiary alicyclic amines) is 1. The molecule has 0 N–H and O–H groups in total. The van der Waals surface area contributed by atoms with Crippen molar-refractivity contribution in [3.05, 3.63) is 0 Å². The van der Waals surface area contributed by atoms with E-state index in [9.17, 15) is 9.00 Å². The van der Waals surface area contributed by atoms with Gasteiger partial charge in [0.25, 0.3) is 0 Å². The Hall–Kier alpha value is -0.420. The van der Waals surface area contributed by atoms with Crippen LogP contribution in [-0.2, 0) is 20.3 Å². The highest BCUT2D eigenvalue weighted by atomic mass is 32.2. The lowest BCUT2D eigenvalue weighted by Crippen LogP contribution is -2.38. The van der Waals surface area contributed by atoms with E-state index in [-0.39, 0.29) is 12.1 Å². The molecule has 0 aromatic carbocycles. The second kappa shape index (κ2) is 6.66. The van der Waals surface area contributed by atoms with E-state index < -0.39 is 10.8 Å². The number of carbonyl (C=O) groups excluding carboxylic acids is 1. The van der Waals surface area contributed by atoms with Crippen LogP contribution < -0.4 is 0 Å². The largest absolute Gasteiger partial charge is 0.348 e. The fourth-order valence-corrected chi connectivity index (χ4v) is 3.15. The summed E-state index contributed by atoms with van der Waals surface area (Å²) in [5.74, 6) is 1.08. The minimum absolute atomic E-state index is 0.105. The zero-order chi connectivity index (χ0) is 13.0. The van der Waals surface area contributed by atoms with Crippen LogP contribution in [-0.4, -0.2) is 45.9 Å². The maximum Gasteiger partial charge on any atom is 0.224 e. The second-order valence-corrected chi connectivity index (χ2v) is 6.79. The molecule has 2 aliphatic heterocycles. The van der Waals surface area contributed by atoms with Crippen molar-refractivity contribution in [2.45, 2.75) is 57.3 Å². The predicted molar refractivity (Wildman–Crippen MR) is 71.6 cm³/mol. The van der Waals surface area contributed by atoms with E-state index in [1.165, 1.54) is 6.42 Å². The van der Waals surface area contributed by atoms with Gasteiger partial charge in [-0.2, -0.15) is 0 Å². The van der Waals surface area contributed by atoms with Gasteiger partial charge in [-0.25, -0.2) is 0 Å². The Bertz CT molecular complexity index is 321. The number of fused-ring (bicyclic) bond motifs is 1. The first-order valence-electron chi connectivity index (χ1n) is 6.93. The van der Waals surface area contributed by atoms with E-state index >= 15 is 0 Å². The zero-order valence-electron chi connectivity index (χ0n) is 11.1. The normalized spacial score (nSPS) is 28.1. The van der Waals surface area contributed by atoms with E-state index in [1.807, 2.05) is 4.90 Å². The molecule has 1 amide bonds. The first-order valence-corrected chi connectivity index (χ1v) is 8.66. The molecule has 2 saturated heterocycles. The van der Waals surface area contributed by atoms with E-state index in [0.717, 1.165) is 44.4 Å². The van der Waals surface area contributed by atoms with Crippen LogP contribution in [0.25, 0.3) is 0 Å². The number of rotatable bonds is 8. The molecule has 0 aromatic heterocycles. The van der Waals surface area contributed by atoms with Crippen molar-refractivity contribution in [2.75, 3.05) is 18.6 Å². The molecule has 0 spiro atoms. The Kier molecular flexibility index (Phi) is 5.18. The Morgan fingerprint density at radius 1 is 1.28 bits per heavy atom. The van der Waals surface area contributed by atoms with E-state index in [0.29, 0.717) is 12.5 Å². The summed E-state index contributed by atoms with van der Waals surface area (Å²) in [5, 5.41) is 0. The number of hydrogen-bond donors (Lipinski definition) is 0. The Labute approximate surface area is 112 Å². The van der Waals surface area contributed by atoms with Crippen LogP contribution in [0.5, 0.6) is 0 Å². The van der Waals surface area contributed by atoms with Crippen molar-refractivity contribution in [1.29, 1.82) is 0 Å². The van der Waals surface area contributed by atoms with Crippen LogP contribution >= 0.6 is 0 Å². The third-order valence-electron chi connectivity index (χ3n) is 3.66. The lowest BCUT2D eigenvalue weighted by Gasteiger charge is -2.23. The number of ether oxygens (including phenoxy) is 1. The van der Waals surface area contributed by atoms with Crippen LogP contribution in [0.15, 0.2) is 0 Å². The number of epoxide rings is 1. The van der Waals surface area contributed by atoms with Gasteiger partial charge in [-0.05, 0) is 19.3 Å². The zero-order valence-corrected chi connectivity index (χ0v) is 11.9. The number of hydrogen-bond acceptors (Lipinski definition) is 3. The summed E-state index contributed by atoms with van der Waals surface area (Å²) in [4.78, 5) is 13.6. The van der Waals surface area contributed by atoms with Gasteiger partial charge in [0.2, 0.25) is 5.91 Å². The average Bonchev–Trinajstić information content (AvgIpc) is 3.09. The molecule has 5 heteroatoms. The third-order valence-corrected chi connectivity index (χ3v) is 4.52. The molecule has 0 radical (unpaired) electrons. The second-order valence-electron chi connectivity index (χ2n) is 5.24. The van der Waals surface area contributed by atoms with Gasteiger partial charge in [0.15, 0.2) is 6.23 Å². The van der Waals surface area contributed by atoms with Gasteiger partial charge in [-0.15, -0.1) is 0 Å². The Morgan fingerprint density at radius 2 is 2.00 bits per heavy atom. The molecular formula is C13H23NO3S. The fraction of sp³-hybridized carbons (Fsp3) is 0.923. The molecule has 3 unspecified atom stereocenters. The van der Waals surface area contributed by atoms with Gasteiger partial charge in [0, 0.05) is 35.8 Å². The minimum Gasteiger partial charge on any atom is -0.348 e. The lowest BCUT2D eigenvalue weighted by molar-refractivity contribution is -0.134. The van der Waals surface area contributed by atoms with Crippen molar-refractivity contribution in [3.63, 3.8) is 0 Å². The van der Waals surface area contributed by atoms with E-state index in [1.54, 1.807) is 6.26 Å². The Morgan fingerprint density at radius 3 is 2.78 bits per heavy atom. The average molecular weight is 273 g/mol. The molecule has 2 rings (SSSR count). The fourth-order valence-electron chi connectivity index (χ4n) is 2.54. The van der Waals surface area contributed by atoms with Crippen LogP contribution in [0, 0.1) is 0 Å². The third kappa shape index (κ3) is 4.05. The van der Waals surface area contributed by atoms with Gasteiger partial charge in [0.1, 0.15) is 6.10 Å². The topological polar surface area (TPSA) is 49.9 Å². The molecule has 2 heterocycles. The molecular weight excluding hydrogens is 250 g/mol. The lowest BCUT2D eigenvalue weighted by atomic mass is 10.1. The molecule has 0 saturated carbocycles. The summed E-state index contributed by atoms with van der Waals surface area (Å²) in [7, 11) is -0.650. The molecule has 4 nitrogen and oxygen atoms in total. The molecule has 0 aromatic rings. The van der Waals surface area contributed by atoms with Crippen molar-refractivity contribution in [2.24, 2.45) is 0 Å². The van der Waals surface area contributed by atoms with Crippen molar-refractivity contribution < 1.29 is 13.7 Å². The van der Waals surface area contributed by atoms with Crippen molar-refractivity contribution in [3.8, 4) is 0 Å². The smallest absolute Gasteiger partial charge is 0.224 e. The maximum atomic E-state index is 11.7. The summed E-state index contributed by atoms with van der Waals surface area (Å²) in [5.41, 5.74) is 0. The van der Waals surface area contributed by atoms with E-state index in [4.69, 9.17) is 4.74 Å². The van der Waals surface area contributed by atoms with Crippen molar-refractivity contribution in [1.82, 2.24) is 4.90 Å². The number of unbranched alkanes of at least 4 members (excludes halogenated alkanes) is 4. The van der Waals surface area contributed by atoms with Gasteiger partial charge in [-0.3, -0.25) is 9.00 Å². The highest BCUT2D eigenvalue weighted by Gasteiger charge is 2.48. The molecule has 0 aliphatic carbocycles. The quantitative estimate of drug-likeness (QED) is 0.499. The molecule has 18 heavy (non-hydrogen) atoms. The van der Waals surface area contributed by atoms with E-state index in [2.05, 4.69) is 0 Å². The number of amides is 1. The van der Waals surface area contributed by atoms with Crippen LogP contribution in [0.2, 0.25) is 0 Å². The molecule has 2 aliphatic rings. The summed E-state index contributed by atoms with van der Waals surface area (Å²) in [6.45, 7) is 0.847. The summed E-state index contributed by atoms with van der Waals surface area (Å²) >= 11 is 0. The van der Waals surface area contributed by atoms with Gasteiger partial charge >= 0.3 is 0 Å². The Balaban J connectivity index is 1.50. The van der Waals surface area contributed by atoms with Gasteiger partial charge < -0.3 is 9.64 Å². The summed E-state index contributed by atoms with van der Waals surface area (Å²) in [6.07, 6.45) is 9.36. The van der Waals surface area contributed by atoms with Crippen LogP contribution in [0.1, 0.15) is 44.9 Å². The molecule has 0 bridgehead atoms. The minimum atomic E-state index is -0.650. The highest BCUT2D eigenvalue weighted by molar-refractivity contribution is 7.84. The summed E-state index contributed by atoms with van der Waals surface area (Å²) in [6, 6.07) is 0. The SMILES string of the molecule is CS(=O)CCCCCCCN1C(=O)CCC2OC21. The summed E-state index contributed by atoms with van der Waals surface area (Å²) < 4.78 is 16.3. The highest BCUT2D eigenvalue weighted by Crippen LogP contribution is 2.35. The predicted octanol–water partition coefficient (Wildman–Crippen LogP) is 1.66. The van der Waals surface area contributed by atoms with Gasteiger partial charge in [0.05, 0.1) is 0 Å². The van der Waals surface area contributed by atoms with Crippen molar-refractivity contribution >= 4 is 16.7 Å². The van der Waals surface area contributed by atoms with Crippen LogP contribution in [0.3, 0.4) is 0 Å². The molecule has 104 valence electrons. The maximum absolute atomic E-state index is 11.7. The number of piperidine rings is 1. The standard InChI is InChI=1S/C13H23NO3S/c1-18(16)10-6-4-2-3-5-9-14-12(15)8-7-11-13(14)17-11/h11,13H,2-10H2,1H3. The molecule has 2 fully saturated rings. The van der Waals surface area contributed by atoms with Gasteiger partial charge in [-0.1, -0.05) is 19.3 Å².